The molecule has 1 aromatic carbocycles. The van der Waals surface area contributed by atoms with Crippen LogP contribution in [0.3, 0.4) is 0 Å². The number of amides is 1. The number of carbonyl (C=O) groups is 1. The zero-order valence-electron chi connectivity index (χ0n) is 11.4. The summed E-state index contributed by atoms with van der Waals surface area (Å²) in [6.45, 7) is 4.65. The fourth-order valence-electron chi connectivity index (χ4n) is 2.01. The summed E-state index contributed by atoms with van der Waals surface area (Å²) in [5.41, 5.74) is 7.35. The molecule has 0 bridgehead atoms. The fourth-order valence-corrected chi connectivity index (χ4v) is 2.01. The van der Waals surface area contributed by atoms with Crippen molar-refractivity contribution < 1.29 is 4.79 Å². The van der Waals surface area contributed by atoms with Gasteiger partial charge in [0.2, 0.25) is 5.91 Å². The Hall–Kier alpha value is -2.04. The summed E-state index contributed by atoms with van der Waals surface area (Å²) in [6.07, 6.45) is 3.81. The van der Waals surface area contributed by atoms with Crippen molar-refractivity contribution in [3.63, 3.8) is 0 Å². The normalized spacial score (nSPS) is 12.5. The minimum Gasteiger partial charge on any atom is -0.399 e. The molecule has 2 aromatic rings. The first-order valence-electron chi connectivity index (χ1n) is 6.64. The van der Waals surface area contributed by atoms with Gasteiger partial charge in [-0.15, -0.1) is 0 Å². The van der Waals surface area contributed by atoms with E-state index < -0.39 is 0 Å². The number of nitrogens with one attached hydrogen (secondary N) is 1. The number of unbranched alkanes of at least 4 members (excludes halogenated alkanes) is 1. The van der Waals surface area contributed by atoms with E-state index in [1.54, 1.807) is 10.9 Å². The van der Waals surface area contributed by atoms with Crippen LogP contribution < -0.4 is 11.1 Å². The summed E-state index contributed by atoms with van der Waals surface area (Å²) in [6, 6.07) is 5.25. The van der Waals surface area contributed by atoms with Gasteiger partial charge in [-0.25, -0.2) is 0 Å². The minimum absolute atomic E-state index is 0.0131. The van der Waals surface area contributed by atoms with Crippen LogP contribution in [0.15, 0.2) is 24.4 Å². The van der Waals surface area contributed by atoms with Crippen LogP contribution >= 0.6 is 0 Å². The summed E-state index contributed by atoms with van der Waals surface area (Å²) in [7, 11) is 0. The largest absolute Gasteiger partial charge is 0.399 e. The van der Waals surface area contributed by atoms with E-state index in [9.17, 15) is 4.79 Å². The van der Waals surface area contributed by atoms with Gasteiger partial charge in [0.15, 0.2) is 0 Å². The lowest BCUT2D eigenvalue weighted by atomic mass is 10.2. The number of carbonyl (C=O) groups excluding carboxylic acids is 1. The topological polar surface area (TPSA) is 72.9 Å². The third-order valence-corrected chi connectivity index (χ3v) is 3.20. The molecule has 0 aliphatic carbocycles. The highest BCUT2D eigenvalue weighted by Crippen LogP contribution is 2.20. The fraction of sp³-hybridized carbons (Fsp3) is 0.429. The Kier molecular flexibility index (Phi) is 4.04. The van der Waals surface area contributed by atoms with Crippen LogP contribution in [0, 0.1) is 0 Å². The summed E-state index contributed by atoms with van der Waals surface area (Å²) >= 11 is 0. The first-order valence-corrected chi connectivity index (χ1v) is 6.64. The maximum absolute atomic E-state index is 12.0. The van der Waals surface area contributed by atoms with Gasteiger partial charge in [0, 0.05) is 17.6 Å². The second-order valence-corrected chi connectivity index (χ2v) is 4.73. The van der Waals surface area contributed by atoms with Crippen molar-refractivity contribution in [3.05, 3.63) is 24.4 Å². The molecule has 3 N–H and O–H groups in total. The predicted octanol–water partition coefficient (Wildman–Crippen LogP) is 2.10. The van der Waals surface area contributed by atoms with Crippen molar-refractivity contribution in [2.75, 3.05) is 12.3 Å². The van der Waals surface area contributed by atoms with Crippen LogP contribution in [0.1, 0.15) is 32.7 Å². The van der Waals surface area contributed by atoms with Gasteiger partial charge >= 0.3 is 0 Å². The molecule has 5 nitrogen and oxygen atoms in total. The molecule has 5 heteroatoms. The molecule has 102 valence electrons. The SMILES string of the molecule is CCCCNC(=O)C(C)n1ncc2ccc(N)cc21. The molecule has 0 saturated heterocycles. The van der Waals surface area contributed by atoms with Gasteiger partial charge in [0.05, 0.1) is 11.7 Å². The van der Waals surface area contributed by atoms with Crippen LogP contribution in [0.5, 0.6) is 0 Å². The van der Waals surface area contributed by atoms with Crippen molar-refractivity contribution in [1.82, 2.24) is 15.1 Å². The smallest absolute Gasteiger partial charge is 0.244 e. The van der Waals surface area contributed by atoms with E-state index in [0.29, 0.717) is 12.2 Å². The Bertz CT molecular complexity index is 576. The molecule has 0 aliphatic rings. The number of hydrogen-bond acceptors (Lipinski definition) is 3. The molecule has 2 rings (SSSR count). The Morgan fingerprint density at radius 1 is 1.53 bits per heavy atom. The Morgan fingerprint density at radius 3 is 3.05 bits per heavy atom. The van der Waals surface area contributed by atoms with Crippen molar-refractivity contribution in [1.29, 1.82) is 0 Å². The maximum Gasteiger partial charge on any atom is 0.244 e. The number of nitrogens with zero attached hydrogens (tertiary/aromatic N) is 2. The second kappa shape index (κ2) is 5.73. The number of fused-ring (bicyclic) bond motifs is 1. The first-order chi connectivity index (χ1) is 9.13. The number of hydrogen-bond donors (Lipinski definition) is 2. The van der Waals surface area contributed by atoms with E-state index in [4.69, 9.17) is 5.73 Å². The van der Waals surface area contributed by atoms with Gasteiger partial charge in [-0.1, -0.05) is 13.3 Å². The van der Waals surface area contributed by atoms with Crippen LogP contribution in [-0.2, 0) is 4.79 Å². The zero-order valence-corrected chi connectivity index (χ0v) is 11.4. The summed E-state index contributed by atoms with van der Waals surface area (Å²) in [4.78, 5) is 12.0. The van der Waals surface area contributed by atoms with Crippen LogP contribution in [0.2, 0.25) is 0 Å². The lowest BCUT2D eigenvalue weighted by Crippen LogP contribution is -2.32. The highest BCUT2D eigenvalue weighted by molar-refractivity contribution is 5.86. The molecule has 0 radical (unpaired) electrons. The average molecular weight is 260 g/mol. The molecule has 0 spiro atoms. The van der Waals surface area contributed by atoms with E-state index in [2.05, 4.69) is 17.3 Å². The number of benzene rings is 1. The molecule has 0 saturated carbocycles. The maximum atomic E-state index is 12.0. The van der Waals surface area contributed by atoms with Gasteiger partial charge in [0.1, 0.15) is 6.04 Å². The van der Waals surface area contributed by atoms with E-state index in [-0.39, 0.29) is 11.9 Å². The van der Waals surface area contributed by atoms with Gasteiger partial charge in [0.25, 0.3) is 0 Å². The Morgan fingerprint density at radius 2 is 2.32 bits per heavy atom. The lowest BCUT2D eigenvalue weighted by molar-refractivity contribution is -0.124. The van der Waals surface area contributed by atoms with Crippen molar-refractivity contribution in [2.45, 2.75) is 32.7 Å². The average Bonchev–Trinajstić information content (AvgIpc) is 2.80. The highest BCUT2D eigenvalue weighted by Gasteiger charge is 2.17. The van der Waals surface area contributed by atoms with E-state index in [1.165, 1.54) is 0 Å². The molecule has 19 heavy (non-hydrogen) atoms. The zero-order chi connectivity index (χ0) is 13.8. The molecule has 1 aromatic heterocycles. The highest BCUT2D eigenvalue weighted by atomic mass is 16.2. The Labute approximate surface area is 112 Å². The van der Waals surface area contributed by atoms with Gasteiger partial charge in [-0.3, -0.25) is 9.48 Å². The number of aromatic nitrogens is 2. The number of nitrogen functional groups attached to an aromatic ring is 1. The van der Waals surface area contributed by atoms with Crippen LogP contribution in [0.25, 0.3) is 10.9 Å². The number of rotatable bonds is 5. The van der Waals surface area contributed by atoms with Gasteiger partial charge in [-0.2, -0.15) is 5.10 Å². The molecule has 0 fully saturated rings. The van der Waals surface area contributed by atoms with Gasteiger partial charge < -0.3 is 11.1 Å². The molecular formula is C14H20N4O. The van der Waals surface area contributed by atoms with E-state index in [0.717, 1.165) is 23.7 Å². The van der Waals surface area contributed by atoms with Crippen LogP contribution in [0.4, 0.5) is 5.69 Å². The summed E-state index contributed by atoms with van der Waals surface area (Å²) in [5.74, 6) is -0.0131. The van der Waals surface area contributed by atoms with E-state index in [1.807, 2.05) is 25.1 Å². The van der Waals surface area contributed by atoms with Gasteiger partial charge in [-0.05, 0) is 31.5 Å². The molecule has 1 heterocycles. The predicted molar refractivity (Wildman–Crippen MR) is 76.8 cm³/mol. The third kappa shape index (κ3) is 2.86. The molecule has 1 amide bonds. The number of anilines is 1. The van der Waals surface area contributed by atoms with Crippen molar-refractivity contribution in [2.24, 2.45) is 0 Å². The van der Waals surface area contributed by atoms with Crippen LogP contribution in [-0.4, -0.2) is 22.2 Å². The quantitative estimate of drug-likeness (QED) is 0.638. The third-order valence-electron chi connectivity index (χ3n) is 3.20. The number of nitrogens with two attached hydrogens (primary N) is 1. The summed E-state index contributed by atoms with van der Waals surface area (Å²) in [5, 5.41) is 8.19. The Balaban J connectivity index is 2.19. The molecule has 1 atom stereocenters. The molecule has 0 aliphatic heterocycles. The monoisotopic (exact) mass is 260 g/mol. The second-order valence-electron chi connectivity index (χ2n) is 4.73. The van der Waals surface area contributed by atoms with Crippen molar-refractivity contribution >= 4 is 22.5 Å². The standard InChI is InChI=1S/C14H20N4O/c1-3-4-7-16-14(19)10(2)18-13-8-12(15)6-5-11(13)9-17-18/h5-6,8-10H,3-4,7,15H2,1-2H3,(H,16,19). The lowest BCUT2D eigenvalue weighted by Gasteiger charge is -2.13. The molecule has 1 unspecified atom stereocenters. The van der Waals surface area contributed by atoms with E-state index >= 15 is 0 Å². The first kappa shape index (κ1) is 13.4. The van der Waals surface area contributed by atoms with Crippen molar-refractivity contribution in [3.8, 4) is 0 Å². The minimum atomic E-state index is -0.337. The molecular weight excluding hydrogens is 240 g/mol. The summed E-state index contributed by atoms with van der Waals surface area (Å²) < 4.78 is 1.72.